The molecule has 0 amide bonds. The summed E-state index contributed by atoms with van der Waals surface area (Å²) < 4.78 is 4.64. The summed E-state index contributed by atoms with van der Waals surface area (Å²) >= 11 is 0. The van der Waals surface area contributed by atoms with Crippen molar-refractivity contribution in [3.63, 3.8) is 0 Å². The molecule has 0 aliphatic heterocycles. The SMILES string of the molecule is CCCNc1nc(C2CC2)nc(NCC(=O)OC)c1C. The van der Waals surface area contributed by atoms with Gasteiger partial charge in [-0.15, -0.1) is 0 Å². The van der Waals surface area contributed by atoms with Crippen LogP contribution in [-0.4, -0.2) is 36.1 Å². The molecule has 6 heteroatoms. The van der Waals surface area contributed by atoms with Gasteiger partial charge >= 0.3 is 5.97 Å². The zero-order valence-electron chi connectivity index (χ0n) is 12.3. The Morgan fingerprint density at radius 1 is 1.30 bits per heavy atom. The van der Waals surface area contributed by atoms with Crippen LogP contribution in [0.5, 0.6) is 0 Å². The zero-order chi connectivity index (χ0) is 14.5. The van der Waals surface area contributed by atoms with Crippen LogP contribution in [0.3, 0.4) is 0 Å². The molecule has 1 aliphatic carbocycles. The first-order chi connectivity index (χ1) is 9.65. The number of carbonyl (C=O) groups is 1. The van der Waals surface area contributed by atoms with E-state index >= 15 is 0 Å². The van der Waals surface area contributed by atoms with Crippen molar-refractivity contribution >= 4 is 17.6 Å². The van der Waals surface area contributed by atoms with E-state index in [9.17, 15) is 4.79 Å². The second-order valence-electron chi connectivity index (χ2n) is 5.03. The summed E-state index contributed by atoms with van der Waals surface area (Å²) in [5.74, 6) is 2.60. The number of aromatic nitrogens is 2. The lowest BCUT2D eigenvalue weighted by atomic mass is 10.2. The number of anilines is 2. The second-order valence-corrected chi connectivity index (χ2v) is 5.03. The van der Waals surface area contributed by atoms with Crippen molar-refractivity contribution in [3.05, 3.63) is 11.4 Å². The molecule has 1 aromatic heterocycles. The topological polar surface area (TPSA) is 76.1 Å². The molecule has 110 valence electrons. The monoisotopic (exact) mass is 278 g/mol. The maximum absolute atomic E-state index is 11.2. The highest BCUT2D eigenvalue weighted by Crippen LogP contribution is 2.39. The summed E-state index contributed by atoms with van der Waals surface area (Å²) in [4.78, 5) is 20.4. The number of hydrogen-bond acceptors (Lipinski definition) is 6. The van der Waals surface area contributed by atoms with Gasteiger partial charge in [-0.2, -0.15) is 0 Å². The summed E-state index contributed by atoms with van der Waals surface area (Å²) in [6, 6.07) is 0. The van der Waals surface area contributed by atoms with Gasteiger partial charge in [0.1, 0.15) is 24.0 Å². The maximum atomic E-state index is 11.2. The Morgan fingerprint density at radius 2 is 1.95 bits per heavy atom. The van der Waals surface area contributed by atoms with Gasteiger partial charge in [0.15, 0.2) is 0 Å². The summed E-state index contributed by atoms with van der Waals surface area (Å²) in [5.41, 5.74) is 0.937. The molecule has 2 rings (SSSR count). The summed E-state index contributed by atoms with van der Waals surface area (Å²) in [7, 11) is 1.38. The van der Waals surface area contributed by atoms with Crippen LogP contribution in [0, 0.1) is 6.92 Å². The molecule has 0 spiro atoms. The van der Waals surface area contributed by atoms with Crippen molar-refractivity contribution in [1.82, 2.24) is 9.97 Å². The molecule has 1 aromatic rings. The Balaban J connectivity index is 2.18. The molecule has 1 aliphatic rings. The Kier molecular flexibility index (Phi) is 4.76. The Labute approximate surface area is 119 Å². The molecule has 0 radical (unpaired) electrons. The zero-order valence-corrected chi connectivity index (χ0v) is 12.3. The van der Waals surface area contributed by atoms with Crippen LogP contribution in [0.2, 0.25) is 0 Å². The largest absolute Gasteiger partial charge is 0.468 e. The van der Waals surface area contributed by atoms with Crippen LogP contribution in [0.15, 0.2) is 0 Å². The molecular formula is C14H22N4O2. The van der Waals surface area contributed by atoms with Gasteiger partial charge in [-0.1, -0.05) is 6.92 Å². The van der Waals surface area contributed by atoms with Crippen LogP contribution >= 0.6 is 0 Å². The van der Waals surface area contributed by atoms with Gasteiger partial charge in [0.05, 0.1) is 7.11 Å². The molecule has 1 heterocycles. The van der Waals surface area contributed by atoms with E-state index in [1.165, 1.54) is 7.11 Å². The lowest BCUT2D eigenvalue weighted by molar-refractivity contribution is -0.138. The smallest absolute Gasteiger partial charge is 0.325 e. The second kappa shape index (κ2) is 6.54. The van der Waals surface area contributed by atoms with Crippen molar-refractivity contribution in [3.8, 4) is 0 Å². The average molecular weight is 278 g/mol. The fourth-order valence-corrected chi connectivity index (χ4v) is 1.87. The number of carbonyl (C=O) groups excluding carboxylic acids is 1. The molecule has 20 heavy (non-hydrogen) atoms. The number of hydrogen-bond donors (Lipinski definition) is 2. The summed E-state index contributed by atoms with van der Waals surface area (Å²) in [6.45, 7) is 5.06. The molecule has 1 fully saturated rings. The highest BCUT2D eigenvalue weighted by atomic mass is 16.5. The molecule has 6 nitrogen and oxygen atoms in total. The number of nitrogens with zero attached hydrogens (tertiary/aromatic N) is 2. The normalized spacial score (nSPS) is 13.9. The number of nitrogens with one attached hydrogen (secondary N) is 2. The van der Waals surface area contributed by atoms with Crippen molar-refractivity contribution in [2.45, 2.75) is 39.0 Å². The molecule has 0 atom stereocenters. The third-order valence-electron chi connectivity index (χ3n) is 3.28. The molecule has 2 N–H and O–H groups in total. The number of rotatable bonds is 7. The fraction of sp³-hybridized carbons (Fsp3) is 0.643. The molecule has 1 saturated carbocycles. The maximum Gasteiger partial charge on any atom is 0.325 e. The van der Waals surface area contributed by atoms with E-state index in [1.807, 2.05) is 6.92 Å². The first kappa shape index (κ1) is 14.6. The molecule has 0 bridgehead atoms. The molecule has 0 unspecified atom stereocenters. The van der Waals surface area contributed by atoms with Crippen LogP contribution in [-0.2, 0) is 9.53 Å². The Bertz CT molecular complexity index is 486. The van der Waals surface area contributed by atoms with Crippen LogP contribution in [0.25, 0.3) is 0 Å². The van der Waals surface area contributed by atoms with Gasteiger partial charge in [0.2, 0.25) is 0 Å². The third-order valence-corrected chi connectivity index (χ3v) is 3.28. The minimum absolute atomic E-state index is 0.117. The number of methoxy groups -OCH3 is 1. The van der Waals surface area contributed by atoms with Gasteiger partial charge in [0, 0.05) is 18.0 Å². The summed E-state index contributed by atoms with van der Waals surface area (Å²) in [6.07, 6.45) is 3.33. The number of esters is 1. The van der Waals surface area contributed by atoms with E-state index in [4.69, 9.17) is 0 Å². The predicted octanol–water partition coefficient (Wildman–Crippen LogP) is 2.07. The van der Waals surface area contributed by atoms with Crippen LogP contribution in [0.4, 0.5) is 11.6 Å². The Hall–Kier alpha value is -1.85. The predicted molar refractivity (Wildman–Crippen MR) is 78.0 cm³/mol. The van der Waals surface area contributed by atoms with Gasteiger partial charge in [-0.25, -0.2) is 9.97 Å². The van der Waals surface area contributed by atoms with E-state index in [-0.39, 0.29) is 12.5 Å². The Morgan fingerprint density at radius 3 is 2.50 bits per heavy atom. The first-order valence-electron chi connectivity index (χ1n) is 7.08. The van der Waals surface area contributed by atoms with E-state index in [2.05, 4.69) is 32.3 Å². The van der Waals surface area contributed by atoms with E-state index in [1.54, 1.807) is 0 Å². The average Bonchev–Trinajstić information content (AvgIpc) is 3.29. The highest BCUT2D eigenvalue weighted by molar-refractivity contribution is 5.75. The third kappa shape index (κ3) is 3.59. The highest BCUT2D eigenvalue weighted by Gasteiger charge is 2.28. The van der Waals surface area contributed by atoms with E-state index in [0.717, 1.165) is 43.0 Å². The van der Waals surface area contributed by atoms with Crippen molar-refractivity contribution < 1.29 is 9.53 Å². The first-order valence-corrected chi connectivity index (χ1v) is 7.08. The summed E-state index contributed by atoms with van der Waals surface area (Å²) in [5, 5.41) is 6.36. The molecular weight excluding hydrogens is 256 g/mol. The van der Waals surface area contributed by atoms with Crippen LogP contribution < -0.4 is 10.6 Å². The van der Waals surface area contributed by atoms with Crippen molar-refractivity contribution in [1.29, 1.82) is 0 Å². The minimum atomic E-state index is -0.306. The van der Waals surface area contributed by atoms with E-state index in [0.29, 0.717) is 11.7 Å². The fourth-order valence-electron chi connectivity index (χ4n) is 1.87. The molecule has 0 saturated heterocycles. The van der Waals surface area contributed by atoms with E-state index < -0.39 is 0 Å². The number of ether oxygens (including phenoxy) is 1. The van der Waals surface area contributed by atoms with Gasteiger partial charge in [-0.3, -0.25) is 4.79 Å². The minimum Gasteiger partial charge on any atom is -0.468 e. The lowest BCUT2D eigenvalue weighted by Gasteiger charge is -2.14. The van der Waals surface area contributed by atoms with Crippen LogP contribution in [0.1, 0.15) is 43.5 Å². The molecule has 0 aromatic carbocycles. The van der Waals surface area contributed by atoms with Gasteiger partial charge < -0.3 is 15.4 Å². The standard InChI is InChI=1S/C14H22N4O2/c1-4-7-15-12-9(2)13(16-8-11(19)20-3)18-14(17-12)10-5-6-10/h10H,4-8H2,1-3H3,(H2,15,16,17,18). The van der Waals surface area contributed by atoms with Gasteiger partial charge in [0.25, 0.3) is 0 Å². The quantitative estimate of drug-likeness (QED) is 0.744. The van der Waals surface area contributed by atoms with Crippen molar-refractivity contribution in [2.24, 2.45) is 0 Å². The lowest BCUT2D eigenvalue weighted by Crippen LogP contribution is -2.18. The van der Waals surface area contributed by atoms with Crippen molar-refractivity contribution in [2.75, 3.05) is 30.8 Å². The van der Waals surface area contributed by atoms with Gasteiger partial charge in [-0.05, 0) is 26.2 Å².